The predicted octanol–water partition coefficient (Wildman–Crippen LogP) is 3.68. The number of alkyl halides is 1. The van der Waals surface area contributed by atoms with Crippen molar-refractivity contribution >= 4 is 27.5 Å². The summed E-state index contributed by atoms with van der Waals surface area (Å²) in [6, 6.07) is 4.00. The second-order valence-corrected chi connectivity index (χ2v) is 4.03. The molecule has 0 unspecified atom stereocenters. The molecular formula is C10H12BrClO. The zero-order chi connectivity index (χ0) is 9.84. The zero-order valence-electron chi connectivity index (χ0n) is 7.73. The maximum absolute atomic E-state index is 5.53. The highest BCUT2D eigenvalue weighted by molar-refractivity contribution is 9.10. The number of hydrogen-bond acceptors (Lipinski definition) is 1. The SMILES string of the molecule is Cc1ccc(OCCCl)c(Br)c1C. The van der Waals surface area contributed by atoms with Crippen molar-refractivity contribution in [3.63, 3.8) is 0 Å². The van der Waals surface area contributed by atoms with Crippen molar-refractivity contribution in [3.05, 3.63) is 27.7 Å². The van der Waals surface area contributed by atoms with Crippen LogP contribution in [0.25, 0.3) is 0 Å². The number of halogens is 2. The highest BCUT2D eigenvalue weighted by Gasteiger charge is 2.05. The average molecular weight is 264 g/mol. The van der Waals surface area contributed by atoms with Gasteiger partial charge in [-0.25, -0.2) is 0 Å². The highest BCUT2D eigenvalue weighted by Crippen LogP contribution is 2.30. The van der Waals surface area contributed by atoms with Gasteiger partial charge in [0.05, 0.1) is 10.4 Å². The Hall–Kier alpha value is -0.210. The molecule has 1 nitrogen and oxygen atoms in total. The van der Waals surface area contributed by atoms with Crippen molar-refractivity contribution in [2.24, 2.45) is 0 Å². The van der Waals surface area contributed by atoms with Crippen molar-refractivity contribution in [1.29, 1.82) is 0 Å². The molecule has 0 saturated carbocycles. The van der Waals surface area contributed by atoms with E-state index in [2.05, 4.69) is 29.8 Å². The lowest BCUT2D eigenvalue weighted by atomic mass is 10.1. The van der Waals surface area contributed by atoms with E-state index >= 15 is 0 Å². The van der Waals surface area contributed by atoms with Gasteiger partial charge in [-0.05, 0) is 47.0 Å². The van der Waals surface area contributed by atoms with Gasteiger partial charge >= 0.3 is 0 Å². The smallest absolute Gasteiger partial charge is 0.133 e. The quantitative estimate of drug-likeness (QED) is 0.756. The van der Waals surface area contributed by atoms with Crippen LogP contribution in [0.5, 0.6) is 5.75 Å². The first-order chi connectivity index (χ1) is 6.16. The van der Waals surface area contributed by atoms with Gasteiger partial charge in [0.1, 0.15) is 12.4 Å². The van der Waals surface area contributed by atoms with Gasteiger partial charge in [0.15, 0.2) is 0 Å². The summed E-state index contributed by atoms with van der Waals surface area (Å²) in [6.45, 7) is 4.68. The van der Waals surface area contributed by atoms with Crippen LogP contribution < -0.4 is 4.74 Å². The second-order valence-electron chi connectivity index (χ2n) is 2.86. The topological polar surface area (TPSA) is 9.23 Å². The van der Waals surface area contributed by atoms with E-state index < -0.39 is 0 Å². The fourth-order valence-electron chi connectivity index (χ4n) is 1.02. The van der Waals surface area contributed by atoms with E-state index in [0.29, 0.717) is 12.5 Å². The molecule has 0 fully saturated rings. The molecule has 0 aliphatic carbocycles. The molecule has 1 aromatic carbocycles. The molecule has 0 aromatic heterocycles. The maximum atomic E-state index is 5.53. The minimum Gasteiger partial charge on any atom is -0.491 e. The van der Waals surface area contributed by atoms with Crippen molar-refractivity contribution in [3.8, 4) is 5.75 Å². The van der Waals surface area contributed by atoms with Gasteiger partial charge in [0.25, 0.3) is 0 Å². The first kappa shape index (κ1) is 10.9. The largest absolute Gasteiger partial charge is 0.491 e. The molecule has 0 saturated heterocycles. The van der Waals surface area contributed by atoms with Crippen LogP contribution in [-0.4, -0.2) is 12.5 Å². The van der Waals surface area contributed by atoms with Crippen LogP contribution in [0.15, 0.2) is 16.6 Å². The molecule has 3 heteroatoms. The average Bonchev–Trinajstić information content (AvgIpc) is 2.13. The van der Waals surface area contributed by atoms with Gasteiger partial charge in [-0.15, -0.1) is 11.6 Å². The van der Waals surface area contributed by atoms with E-state index in [1.54, 1.807) is 0 Å². The maximum Gasteiger partial charge on any atom is 0.133 e. The van der Waals surface area contributed by atoms with Crippen LogP contribution in [0.2, 0.25) is 0 Å². The van der Waals surface area contributed by atoms with Crippen LogP contribution >= 0.6 is 27.5 Å². The van der Waals surface area contributed by atoms with E-state index in [0.717, 1.165) is 10.2 Å². The summed E-state index contributed by atoms with van der Waals surface area (Å²) < 4.78 is 6.47. The van der Waals surface area contributed by atoms with Crippen molar-refractivity contribution in [1.82, 2.24) is 0 Å². The van der Waals surface area contributed by atoms with Crippen LogP contribution in [0, 0.1) is 13.8 Å². The molecule has 0 radical (unpaired) electrons. The molecule has 0 atom stereocenters. The molecule has 0 N–H and O–H groups in total. The first-order valence-corrected chi connectivity index (χ1v) is 5.44. The Balaban J connectivity index is 2.90. The first-order valence-electron chi connectivity index (χ1n) is 4.11. The molecule has 0 aliphatic rings. The third-order valence-electron chi connectivity index (χ3n) is 1.96. The molecule has 72 valence electrons. The summed E-state index contributed by atoms with van der Waals surface area (Å²) >= 11 is 9.03. The van der Waals surface area contributed by atoms with Crippen LogP contribution in [0.3, 0.4) is 0 Å². The lowest BCUT2D eigenvalue weighted by molar-refractivity contribution is 0.340. The monoisotopic (exact) mass is 262 g/mol. The Labute approximate surface area is 92.2 Å². The fraction of sp³-hybridized carbons (Fsp3) is 0.400. The summed E-state index contributed by atoms with van der Waals surface area (Å²) in [5.74, 6) is 1.38. The molecule has 0 bridgehead atoms. The Morgan fingerprint density at radius 3 is 2.69 bits per heavy atom. The summed E-state index contributed by atoms with van der Waals surface area (Å²) in [6.07, 6.45) is 0. The summed E-state index contributed by atoms with van der Waals surface area (Å²) in [7, 11) is 0. The minimum absolute atomic E-state index is 0.513. The Kier molecular flexibility index (Phi) is 4.07. The standard InChI is InChI=1S/C10H12BrClO/c1-7-3-4-9(13-6-5-12)10(11)8(7)2/h3-4H,5-6H2,1-2H3. The summed E-state index contributed by atoms with van der Waals surface area (Å²) in [4.78, 5) is 0. The number of benzene rings is 1. The van der Waals surface area contributed by atoms with Gasteiger partial charge in [0.2, 0.25) is 0 Å². The lowest BCUT2D eigenvalue weighted by Gasteiger charge is -2.10. The Bertz CT molecular complexity index is 299. The Morgan fingerprint density at radius 2 is 2.08 bits per heavy atom. The van der Waals surface area contributed by atoms with Gasteiger partial charge in [-0.3, -0.25) is 0 Å². The molecule has 0 amide bonds. The fourth-order valence-corrected chi connectivity index (χ4v) is 1.65. The van der Waals surface area contributed by atoms with Crippen molar-refractivity contribution < 1.29 is 4.74 Å². The number of rotatable bonds is 3. The second kappa shape index (κ2) is 4.87. The van der Waals surface area contributed by atoms with Gasteiger partial charge < -0.3 is 4.74 Å². The Morgan fingerprint density at radius 1 is 1.38 bits per heavy atom. The van der Waals surface area contributed by atoms with Crippen LogP contribution in [0.1, 0.15) is 11.1 Å². The van der Waals surface area contributed by atoms with Crippen LogP contribution in [0.4, 0.5) is 0 Å². The van der Waals surface area contributed by atoms with E-state index in [4.69, 9.17) is 16.3 Å². The summed E-state index contributed by atoms with van der Waals surface area (Å²) in [5, 5.41) is 0. The van der Waals surface area contributed by atoms with Crippen molar-refractivity contribution in [2.75, 3.05) is 12.5 Å². The molecule has 1 rings (SSSR count). The molecule has 0 heterocycles. The van der Waals surface area contributed by atoms with E-state index in [-0.39, 0.29) is 0 Å². The molecular weight excluding hydrogens is 251 g/mol. The van der Waals surface area contributed by atoms with E-state index in [1.807, 2.05) is 12.1 Å². The lowest BCUT2D eigenvalue weighted by Crippen LogP contribution is -1.99. The third-order valence-corrected chi connectivity index (χ3v) is 3.10. The molecule has 0 spiro atoms. The zero-order valence-corrected chi connectivity index (χ0v) is 10.1. The molecule has 0 aliphatic heterocycles. The summed E-state index contributed by atoms with van der Waals surface area (Å²) in [5.41, 5.74) is 2.47. The van der Waals surface area contributed by atoms with Gasteiger partial charge in [0, 0.05) is 0 Å². The van der Waals surface area contributed by atoms with Gasteiger partial charge in [-0.1, -0.05) is 6.07 Å². The highest BCUT2D eigenvalue weighted by atomic mass is 79.9. The predicted molar refractivity (Wildman–Crippen MR) is 59.8 cm³/mol. The van der Waals surface area contributed by atoms with Crippen LogP contribution in [-0.2, 0) is 0 Å². The van der Waals surface area contributed by atoms with E-state index in [9.17, 15) is 0 Å². The molecule has 1 aromatic rings. The van der Waals surface area contributed by atoms with Gasteiger partial charge in [-0.2, -0.15) is 0 Å². The van der Waals surface area contributed by atoms with Crippen molar-refractivity contribution in [2.45, 2.75) is 13.8 Å². The molecule has 13 heavy (non-hydrogen) atoms. The normalized spacial score (nSPS) is 10.2. The van der Waals surface area contributed by atoms with E-state index in [1.165, 1.54) is 11.1 Å². The number of aryl methyl sites for hydroxylation is 1. The number of ether oxygens (including phenoxy) is 1. The number of hydrogen-bond donors (Lipinski definition) is 0. The third kappa shape index (κ3) is 2.61. The minimum atomic E-state index is 0.513.